The van der Waals surface area contributed by atoms with Crippen molar-refractivity contribution in [1.82, 2.24) is 4.57 Å². The van der Waals surface area contributed by atoms with Gasteiger partial charge in [0.2, 0.25) is 0 Å². The van der Waals surface area contributed by atoms with E-state index >= 15 is 0 Å². The fraction of sp³-hybridized carbons (Fsp3) is 0.600. The van der Waals surface area contributed by atoms with E-state index in [1.807, 2.05) is 22.7 Å². The predicted octanol–water partition coefficient (Wildman–Crippen LogP) is 7.25. The molecule has 0 unspecified atom stereocenters. The second-order valence-corrected chi connectivity index (χ2v) is 8.38. The van der Waals surface area contributed by atoms with Crippen molar-refractivity contribution in [2.45, 2.75) is 64.8 Å². The third kappa shape index (κ3) is 3.87. The highest BCUT2D eigenvalue weighted by molar-refractivity contribution is 7.25. The minimum Gasteiger partial charge on any atom is -0.379 e. The van der Waals surface area contributed by atoms with E-state index in [-0.39, 0.29) is 0 Å². The summed E-state index contributed by atoms with van der Waals surface area (Å²) in [5, 5.41) is 4.43. The Bertz CT molecular complexity index is 691. The monoisotopic (exact) mass is 363 g/mol. The largest absolute Gasteiger partial charge is 0.379 e. The van der Waals surface area contributed by atoms with Crippen LogP contribution in [0.5, 0.6) is 0 Å². The summed E-state index contributed by atoms with van der Waals surface area (Å²) in [6.45, 7) is 6.28. The van der Waals surface area contributed by atoms with Gasteiger partial charge in [-0.2, -0.15) is 0 Å². The van der Waals surface area contributed by atoms with Gasteiger partial charge < -0.3 is 9.30 Å². The lowest BCUT2D eigenvalue weighted by Gasteiger charge is -2.19. The molecule has 0 aliphatic carbocycles. The van der Waals surface area contributed by atoms with E-state index in [0.717, 1.165) is 19.6 Å². The minimum absolute atomic E-state index is 0.439. The molecule has 0 aliphatic heterocycles. The van der Waals surface area contributed by atoms with Crippen molar-refractivity contribution in [3.8, 4) is 0 Å². The van der Waals surface area contributed by atoms with Gasteiger partial charge >= 0.3 is 0 Å². The van der Waals surface area contributed by atoms with Gasteiger partial charge in [0.1, 0.15) is 0 Å². The SMILES string of the molecule is CCCCCCCCOC[C@@H](CC)n1c2ccsc2c2sccc21. The third-order valence-electron chi connectivity index (χ3n) is 4.80. The molecule has 3 aromatic heterocycles. The van der Waals surface area contributed by atoms with Gasteiger partial charge in [-0.15, -0.1) is 22.7 Å². The summed E-state index contributed by atoms with van der Waals surface area (Å²) in [7, 11) is 0. The lowest BCUT2D eigenvalue weighted by atomic mass is 10.1. The zero-order valence-corrected chi connectivity index (χ0v) is 16.6. The van der Waals surface area contributed by atoms with E-state index in [1.165, 1.54) is 59.0 Å². The van der Waals surface area contributed by atoms with E-state index in [4.69, 9.17) is 4.74 Å². The summed E-state index contributed by atoms with van der Waals surface area (Å²) in [4.78, 5) is 0. The molecule has 0 amide bonds. The highest BCUT2D eigenvalue weighted by Crippen LogP contribution is 2.39. The molecule has 3 rings (SSSR count). The van der Waals surface area contributed by atoms with Crippen molar-refractivity contribution in [2.75, 3.05) is 13.2 Å². The van der Waals surface area contributed by atoms with Gasteiger partial charge in [-0.3, -0.25) is 0 Å². The first-order valence-corrected chi connectivity index (χ1v) is 11.1. The van der Waals surface area contributed by atoms with E-state index in [9.17, 15) is 0 Å². The summed E-state index contributed by atoms with van der Waals surface area (Å²) < 4.78 is 11.4. The Labute approximate surface area is 153 Å². The van der Waals surface area contributed by atoms with Gasteiger partial charge in [0.25, 0.3) is 0 Å². The van der Waals surface area contributed by atoms with Crippen LogP contribution in [0.15, 0.2) is 22.9 Å². The molecule has 24 heavy (non-hydrogen) atoms. The lowest BCUT2D eigenvalue weighted by Crippen LogP contribution is -2.15. The smallest absolute Gasteiger partial charge is 0.0700 e. The molecule has 4 heteroatoms. The average Bonchev–Trinajstić information content (AvgIpc) is 3.28. The first-order chi connectivity index (χ1) is 11.9. The molecule has 3 heterocycles. The first-order valence-electron chi connectivity index (χ1n) is 9.39. The second-order valence-electron chi connectivity index (χ2n) is 6.54. The average molecular weight is 364 g/mol. The number of ether oxygens (including phenoxy) is 1. The molecule has 0 N–H and O–H groups in total. The molecule has 0 saturated heterocycles. The van der Waals surface area contributed by atoms with Crippen molar-refractivity contribution in [2.24, 2.45) is 0 Å². The normalized spacial score (nSPS) is 13.2. The van der Waals surface area contributed by atoms with Crippen LogP contribution in [0.3, 0.4) is 0 Å². The first kappa shape index (κ1) is 18.0. The Hall–Kier alpha value is -0.840. The summed E-state index contributed by atoms with van der Waals surface area (Å²) in [5.74, 6) is 0. The highest BCUT2D eigenvalue weighted by Gasteiger charge is 2.18. The standard InChI is InChI=1S/C20H29NOS2/c1-3-5-6-7-8-9-12-22-15-16(4-2)21-17-10-13-23-19(17)20-18(21)11-14-24-20/h10-11,13-14,16H,3-9,12,15H2,1-2H3/t16-/m1/s1. The van der Waals surface area contributed by atoms with Crippen molar-refractivity contribution in [3.05, 3.63) is 22.9 Å². The van der Waals surface area contributed by atoms with E-state index in [1.54, 1.807) is 0 Å². The van der Waals surface area contributed by atoms with Gasteiger partial charge in [0, 0.05) is 6.61 Å². The fourth-order valence-electron chi connectivity index (χ4n) is 3.43. The Morgan fingerprint density at radius 2 is 1.54 bits per heavy atom. The highest BCUT2D eigenvalue weighted by atomic mass is 32.1. The molecule has 0 radical (unpaired) electrons. The Balaban J connectivity index is 1.56. The van der Waals surface area contributed by atoms with E-state index in [0.29, 0.717) is 6.04 Å². The third-order valence-corrected chi connectivity index (χ3v) is 6.77. The van der Waals surface area contributed by atoms with Crippen LogP contribution in [0.25, 0.3) is 20.4 Å². The van der Waals surface area contributed by atoms with Crippen LogP contribution in [0.4, 0.5) is 0 Å². The van der Waals surface area contributed by atoms with Gasteiger partial charge in [0.05, 0.1) is 33.1 Å². The Kier molecular flexibility index (Phi) is 6.75. The molecular formula is C20H29NOS2. The maximum absolute atomic E-state index is 6.05. The van der Waals surface area contributed by atoms with Gasteiger partial charge in [-0.05, 0) is 35.7 Å². The van der Waals surface area contributed by atoms with Crippen LogP contribution in [-0.4, -0.2) is 17.8 Å². The van der Waals surface area contributed by atoms with Gasteiger partial charge in [0.15, 0.2) is 0 Å². The summed E-state index contributed by atoms with van der Waals surface area (Å²) in [5.41, 5.74) is 2.77. The van der Waals surface area contributed by atoms with Crippen LogP contribution >= 0.6 is 22.7 Å². The number of fused-ring (bicyclic) bond motifs is 3. The van der Waals surface area contributed by atoms with Gasteiger partial charge in [-0.1, -0.05) is 46.0 Å². The van der Waals surface area contributed by atoms with Crippen molar-refractivity contribution in [3.63, 3.8) is 0 Å². The van der Waals surface area contributed by atoms with Crippen molar-refractivity contribution in [1.29, 1.82) is 0 Å². The number of hydrogen-bond acceptors (Lipinski definition) is 3. The van der Waals surface area contributed by atoms with E-state index in [2.05, 4.69) is 41.3 Å². The maximum Gasteiger partial charge on any atom is 0.0700 e. The molecular weight excluding hydrogens is 334 g/mol. The van der Waals surface area contributed by atoms with Crippen LogP contribution in [0.2, 0.25) is 0 Å². The quantitative estimate of drug-likeness (QED) is 0.327. The molecule has 132 valence electrons. The Morgan fingerprint density at radius 1 is 0.917 bits per heavy atom. The van der Waals surface area contributed by atoms with Crippen LogP contribution in [-0.2, 0) is 4.74 Å². The number of thiophene rings is 2. The zero-order chi connectivity index (χ0) is 16.8. The molecule has 0 aliphatic rings. The number of aromatic nitrogens is 1. The second kappa shape index (κ2) is 9.02. The van der Waals surface area contributed by atoms with Crippen molar-refractivity contribution >= 4 is 43.1 Å². The van der Waals surface area contributed by atoms with Crippen LogP contribution in [0.1, 0.15) is 64.8 Å². The summed E-state index contributed by atoms with van der Waals surface area (Å²) in [6.07, 6.45) is 9.05. The fourth-order valence-corrected chi connectivity index (χ4v) is 5.38. The lowest BCUT2D eigenvalue weighted by molar-refractivity contribution is 0.0998. The van der Waals surface area contributed by atoms with Crippen LogP contribution < -0.4 is 0 Å². The minimum atomic E-state index is 0.439. The zero-order valence-electron chi connectivity index (χ0n) is 14.9. The summed E-state index contributed by atoms with van der Waals surface area (Å²) in [6, 6.07) is 4.97. The molecule has 0 fully saturated rings. The molecule has 3 aromatic rings. The molecule has 2 nitrogen and oxygen atoms in total. The van der Waals surface area contributed by atoms with E-state index < -0.39 is 0 Å². The summed E-state index contributed by atoms with van der Waals surface area (Å²) >= 11 is 3.72. The molecule has 1 atom stereocenters. The number of unbranched alkanes of at least 4 members (excludes halogenated alkanes) is 5. The molecule has 0 aromatic carbocycles. The van der Waals surface area contributed by atoms with Crippen LogP contribution in [0, 0.1) is 0 Å². The maximum atomic E-state index is 6.05. The number of rotatable bonds is 11. The topological polar surface area (TPSA) is 14.2 Å². The number of hydrogen-bond donors (Lipinski definition) is 0. The molecule has 0 saturated carbocycles. The molecule has 0 spiro atoms. The Morgan fingerprint density at radius 3 is 2.17 bits per heavy atom. The van der Waals surface area contributed by atoms with Crippen molar-refractivity contribution < 1.29 is 4.74 Å². The van der Waals surface area contributed by atoms with Gasteiger partial charge in [-0.25, -0.2) is 0 Å². The molecule has 0 bridgehead atoms. The number of nitrogens with zero attached hydrogens (tertiary/aromatic N) is 1. The predicted molar refractivity (Wildman–Crippen MR) is 109 cm³/mol.